The van der Waals surface area contributed by atoms with Crippen LogP contribution in [0.1, 0.15) is 24.8 Å². The van der Waals surface area contributed by atoms with Gasteiger partial charge in [0.05, 0.1) is 6.04 Å². The van der Waals surface area contributed by atoms with E-state index in [1.807, 2.05) is 6.07 Å². The van der Waals surface area contributed by atoms with E-state index in [9.17, 15) is 9.18 Å². The summed E-state index contributed by atoms with van der Waals surface area (Å²) in [5, 5.41) is 9.99. The fraction of sp³-hybridized carbons (Fsp3) is 0.400. The molecule has 1 aliphatic rings. The molecule has 0 radical (unpaired) electrons. The van der Waals surface area contributed by atoms with Crippen molar-refractivity contribution in [3.8, 4) is 5.69 Å². The number of nitrogens with zero attached hydrogens (tertiary/aromatic N) is 3. The van der Waals surface area contributed by atoms with Crippen LogP contribution >= 0.6 is 0 Å². The molecule has 1 fully saturated rings. The van der Waals surface area contributed by atoms with Crippen LogP contribution in [0.25, 0.3) is 5.69 Å². The summed E-state index contributed by atoms with van der Waals surface area (Å²) in [7, 11) is 0. The van der Waals surface area contributed by atoms with Gasteiger partial charge in [0, 0.05) is 13.1 Å². The van der Waals surface area contributed by atoms with Gasteiger partial charge >= 0.3 is 0 Å². The third-order valence-corrected chi connectivity index (χ3v) is 3.77. The van der Waals surface area contributed by atoms with Crippen LogP contribution in [-0.2, 0) is 11.3 Å². The molecule has 0 aliphatic carbocycles. The van der Waals surface area contributed by atoms with Gasteiger partial charge < -0.3 is 10.6 Å². The van der Waals surface area contributed by atoms with Crippen molar-refractivity contribution in [1.29, 1.82) is 0 Å². The number of aromatic nitrogens is 3. The third-order valence-electron chi connectivity index (χ3n) is 3.77. The number of nitrogens with one attached hydrogen (secondary N) is 2. The van der Waals surface area contributed by atoms with E-state index in [0.717, 1.165) is 31.4 Å². The number of halogens is 1. The molecule has 2 N–H and O–H groups in total. The second-order valence-electron chi connectivity index (χ2n) is 5.35. The van der Waals surface area contributed by atoms with Gasteiger partial charge in [-0.15, -0.1) is 0 Å². The number of hydrogen-bond donors (Lipinski definition) is 2. The molecule has 116 valence electrons. The van der Waals surface area contributed by atoms with Crippen molar-refractivity contribution in [3.05, 3.63) is 42.2 Å². The molecule has 0 bridgehead atoms. The fourth-order valence-corrected chi connectivity index (χ4v) is 2.55. The lowest BCUT2D eigenvalue weighted by molar-refractivity contribution is -0.122. The molecular formula is C15H18FN5O. The Morgan fingerprint density at radius 2 is 2.32 bits per heavy atom. The summed E-state index contributed by atoms with van der Waals surface area (Å²) in [5.41, 5.74) is 1.15. The lowest BCUT2D eigenvalue weighted by Crippen LogP contribution is -2.42. The molecule has 2 heterocycles. The minimum Gasteiger partial charge on any atom is -0.355 e. The Morgan fingerprint density at radius 1 is 1.41 bits per heavy atom. The summed E-state index contributed by atoms with van der Waals surface area (Å²) < 4.78 is 15.5. The minimum absolute atomic E-state index is 0.0252. The van der Waals surface area contributed by atoms with Crippen LogP contribution in [0.3, 0.4) is 0 Å². The molecule has 6 nitrogen and oxygen atoms in total. The molecule has 0 saturated carbocycles. The van der Waals surface area contributed by atoms with E-state index in [1.54, 1.807) is 6.07 Å². The van der Waals surface area contributed by atoms with Gasteiger partial charge in [-0.25, -0.2) is 14.1 Å². The molecule has 1 aromatic carbocycles. The average Bonchev–Trinajstić information content (AvgIpc) is 2.96. The van der Waals surface area contributed by atoms with Crippen LogP contribution in [0, 0.1) is 5.82 Å². The predicted molar refractivity (Wildman–Crippen MR) is 78.8 cm³/mol. The molecule has 1 saturated heterocycles. The van der Waals surface area contributed by atoms with Crippen LogP contribution in [0.4, 0.5) is 4.39 Å². The zero-order valence-electron chi connectivity index (χ0n) is 12.1. The van der Waals surface area contributed by atoms with Crippen LogP contribution in [0.15, 0.2) is 30.9 Å². The summed E-state index contributed by atoms with van der Waals surface area (Å²) in [6.07, 6.45) is 5.64. The Hall–Kier alpha value is -2.28. The highest BCUT2D eigenvalue weighted by molar-refractivity contribution is 5.81. The number of benzene rings is 1. The molecule has 22 heavy (non-hydrogen) atoms. The molecule has 7 heteroatoms. The number of hydrogen-bond acceptors (Lipinski definition) is 4. The first-order valence-electron chi connectivity index (χ1n) is 7.38. The second-order valence-corrected chi connectivity index (χ2v) is 5.35. The normalized spacial score (nSPS) is 18.8. The number of rotatable bonds is 4. The highest BCUT2D eigenvalue weighted by atomic mass is 19.1. The van der Waals surface area contributed by atoms with Crippen molar-refractivity contribution in [1.82, 2.24) is 25.4 Å². The summed E-state index contributed by atoms with van der Waals surface area (Å²) >= 11 is 0. The Bertz CT molecular complexity index is 643. The molecule has 0 spiro atoms. The summed E-state index contributed by atoms with van der Waals surface area (Å²) in [4.78, 5) is 15.7. The highest BCUT2D eigenvalue weighted by Crippen LogP contribution is 2.14. The first-order valence-corrected chi connectivity index (χ1v) is 7.38. The molecule has 1 amide bonds. The standard InChI is InChI=1S/C15H18FN5O/c16-12-7-11(4-5-14(12)21-10-17-9-20-21)8-19-13-3-1-2-6-18-15(13)22/h4-5,7,9-10,13,19H,1-3,6,8H2,(H,18,22)/t13-/m0/s1. The smallest absolute Gasteiger partial charge is 0.237 e. The van der Waals surface area contributed by atoms with Gasteiger partial charge in [0.1, 0.15) is 24.2 Å². The van der Waals surface area contributed by atoms with Gasteiger partial charge in [0.25, 0.3) is 0 Å². The lowest BCUT2D eigenvalue weighted by Gasteiger charge is -2.15. The topological polar surface area (TPSA) is 71.8 Å². The van der Waals surface area contributed by atoms with Crippen LogP contribution < -0.4 is 10.6 Å². The first-order chi connectivity index (χ1) is 10.7. The number of carbonyl (C=O) groups excluding carboxylic acids is 1. The molecule has 3 rings (SSSR count). The molecular weight excluding hydrogens is 285 g/mol. The Morgan fingerprint density at radius 3 is 3.09 bits per heavy atom. The number of amides is 1. The third kappa shape index (κ3) is 3.30. The van der Waals surface area contributed by atoms with Crippen LogP contribution in [0.2, 0.25) is 0 Å². The minimum atomic E-state index is -0.366. The maximum atomic E-state index is 14.1. The van der Waals surface area contributed by atoms with Gasteiger partial charge in [-0.2, -0.15) is 5.10 Å². The van der Waals surface area contributed by atoms with E-state index in [2.05, 4.69) is 20.7 Å². The van der Waals surface area contributed by atoms with Gasteiger partial charge in [-0.3, -0.25) is 4.79 Å². The zero-order chi connectivity index (χ0) is 15.4. The molecule has 1 aromatic heterocycles. The van der Waals surface area contributed by atoms with Crippen LogP contribution in [0.5, 0.6) is 0 Å². The predicted octanol–water partition coefficient (Wildman–Crippen LogP) is 1.16. The van der Waals surface area contributed by atoms with Crippen molar-refractivity contribution < 1.29 is 9.18 Å². The quantitative estimate of drug-likeness (QED) is 0.889. The first kappa shape index (κ1) is 14.6. The summed E-state index contributed by atoms with van der Waals surface area (Å²) in [6, 6.07) is 4.73. The highest BCUT2D eigenvalue weighted by Gasteiger charge is 2.19. The Balaban J connectivity index is 1.66. The van der Waals surface area contributed by atoms with E-state index < -0.39 is 0 Å². The molecule has 2 aromatic rings. The zero-order valence-corrected chi connectivity index (χ0v) is 12.1. The van der Waals surface area contributed by atoms with Crippen molar-refractivity contribution in [2.75, 3.05) is 6.54 Å². The Kier molecular flexibility index (Phi) is 4.43. The summed E-state index contributed by atoms with van der Waals surface area (Å²) in [5.74, 6) is -0.340. The maximum Gasteiger partial charge on any atom is 0.237 e. The van der Waals surface area contributed by atoms with E-state index in [0.29, 0.717) is 12.2 Å². The SMILES string of the molecule is O=C1NCCCC[C@@H]1NCc1ccc(-n2cncn2)c(F)c1. The Labute approximate surface area is 127 Å². The average molecular weight is 303 g/mol. The number of carbonyl (C=O) groups is 1. The van der Waals surface area contributed by atoms with Crippen molar-refractivity contribution >= 4 is 5.91 Å². The van der Waals surface area contributed by atoms with E-state index in [1.165, 1.54) is 23.4 Å². The van der Waals surface area contributed by atoms with Gasteiger partial charge in [0.15, 0.2) is 0 Å². The van der Waals surface area contributed by atoms with Gasteiger partial charge in [-0.05, 0) is 37.0 Å². The van der Waals surface area contributed by atoms with Gasteiger partial charge in [0.2, 0.25) is 5.91 Å². The van der Waals surface area contributed by atoms with Gasteiger partial charge in [-0.1, -0.05) is 6.07 Å². The molecule has 0 unspecified atom stereocenters. The van der Waals surface area contributed by atoms with Crippen molar-refractivity contribution in [3.63, 3.8) is 0 Å². The van der Waals surface area contributed by atoms with E-state index >= 15 is 0 Å². The lowest BCUT2D eigenvalue weighted by atomic mass is 10.1. The maximum absolute atomic E-state index is 14.1. The van der Waals surface area contributed by atoms with Crippen molar-refractivity contribution in [2.45, 2.75) is 31.8 Å². The summed E-state index contributed by atoms with van der Waals surface area (Å²) in [6.45, 7) is 1.19. The van der Waals surface area contributed by atoms with E-state index in [-0.39, 0.29) is 17.8 Å². The molecule has 1 atom stereocenters. The largest absolute Gasteiger partial charge is 0.355 e. The van der Waals surface area contributed by atoms with Crippen molar-refractivity contribution in [2.24, 2.45) is 0 Å². The monoisotopic (exact) mass is 303 g/mol. The fourth-order valence-electron chi connectivity index (χ4n) is 2.55. The molecule has 1 aliphatic heterocycles. The second kappa shape index (κ2) is 6.65. The van der Waals surface area contributed by atoms with Crippen LogP contribution in [-0.4, -0.2) is 33.3 Å². The van der Waals surface area contributed by atoms with E-state index in [4.69, 9.17) is 0 Å².